The van der Waals surface area contributed by atoms with E-state index >= 15 is 0 Å². The molecule has 0 unspecified atom stereocenters. The molecule has 0 aromatic heterocycles. The van der Waals surface area contributed by atoms with Gasteiger partial charge in [-0.1, -0.05) is 22.0 Å². The molecule has 0 saturated carbocycles. The van der Waals surface area contributed by atoms with Crippen molar-refractivity contribution in [3.63, 3.8) is 0 Å². The van der Waals surface area contributed by atoms with Gasteiger partial charge in [-0.25, -0.2) is 4.39 Å². The summed E-state index contributed by atoms with van der Waals surface area (Å²) in [4.78, 5) is 2.33. The lowest BCUT2D eigenvalue weighted by Crippen LogP contribution is -2.29. The zero-order chi connectivity index (χ0) is 13.5. The highest BCUT2D eigenvalue weighted by Gasteiger charge is 2.03. The van der Waals surface area contributed by atoms with Gasteiger partial charge in [-0.2, -0.15) is 0 Å². The minimum Gasteiger partial charge on any atom is -0.313 e. The maximum atomic E-state index is 12.9. The minimum atomic E-state index is -0.204. The maximum Gasteiger partial charge on any atom is 0.124 e. The molecule has 0 spiro atoms. The van der Waals surface area contributed by atoms with Crippen molar-refractivity contribution in [1.29, 1.82) is 0 Å². The average molecular weight is 317 g/mol. The summed E-state index contributed by atoms with van der Waals surface area (Å²) in [7, 11) is 2.14. The Labute approximate surface area is 118 Å². The topological polar surface area (TPSA) is 15.3 Å². The molecule has 0 aliphatic carbocycles. The lowest BCUT2D eigenvalue weighted by molar-refractivity contribution is 0.269. The lowest BCUT2D eigenvalue weighted by atomic mass is 10.2. The zero-order valence-electron chi connectivity index (χ0n) is 11.3. The van der Waals surface area contributed by atoms with Gasteiger partial charge in [-0.15, -0.1) is 0 Å². The number of hydrogen-bond donors (Lipinski definition) is 1. The van der Waals surface area contributed by atoms with Crippen molar-refractivity contribution >= 4 is 15.9 Å². The van der Waals surface area contributed by atoms with E-state index in [4.69, 9.17) is 0 Å². The first-order chi connectivity index (χ1) is 8.50. The first-order valence-electron chi connectivity index (χ1n) is 6.35. The third kappa shape index (κ3) is 5.46. The SMILES string of the molecule is CC(C)N(C)CCCNCc1ccc(F)cc1Br. The molecule has 0 amide bonds. The van der Waals surface area contributed by atoms with Gasteiger partial charge in [0.2, 0.25) is 0 Å². The van der Waals surface area contributed by atoms with Crippen LogP contribution in [-0.4, -0.2) is 31.1 Å². The van der Waals surface area contributed by atoms with Crippen LogP contribution in [0.4, 0.5) is 4.39 Å². The Morgan fingerprint density at radius 2 is 2.11 bits per heavy atom. The summed E-state index contributed by atoms with van der Waals surface area (Å²) in [5.41, 5.74) is 1.09. The molecule has 1 aromatic carbocycles. The molecule has 2 nitrogen and oxygen atoms in total. The minimum absolute atomic E-state index is 0.204. The summed E-state index contributed by atoms with van der Waals surface area (Å²) in [6.45, 7) is 7.23. The van der Waals surface area contributed by atoms with Gasteiger partial charge in [0, 0.05) is 17.1 Å². The van der Waals surface area contributed by atoms with Crippen LogP contribution in [0.5, 0.6) is 0 Å². The quantitative estimate of drug-likeness (QED) is 0.775. The van der Waals surface area contributed by atoms with Gasteiger partial charge in [0.05, 0.1) is 0 Å². The molecule has 0 aliphatic heterocycles. The second-order valence-corrected chi connectivity index (χ2v) is 5.69. The number of benzene rings is 1. The summed E-state index contributed by atoms with van der Waals surface area (Å²) in [6.07, 6.45) is 1.12. The van der Waals surface area contributed by atoms with Crippen LogP contribution in [0.2, 0.25) is 0 Å². The number of nitrogens with zero attached hydrogens (tertiary/aromatic N) is 1. The van der Waals surface area contributed by atoms with Crippen LogP contribution < -0.4 is 5.32 Å². The number of halogens is 2. The van der Waals surface area contributed by atoms with E-state index in [9.17, 15) is 4.39 Å². The van der Waals surface area contributed by atoms with E-state index in [0.29, 0.717) is 6.04 Å². The Balaban J connectivity index is 2.22. The van der Waals surface area contributed by atoms with Gasteiger partial charge in [-0.3, -0.25) is 0 Å². The van der Waals surface area contributed by atoms with Crippen molar-refractivity contribution in [1.82, 2.24) is 10.2 Å². The van der Waals surface area contributed by atoms with Crippen LogP contribution in [-0.2, 0) is 6.54 Å². The van der Waals surface area contributed by atoms with Crippen LogP contribution >= 0.6 is 15.9 Å². The molecule has 0 bridgehead atoms. The number of hydrogen-bond acceptors (Lipinski definition) is 2. The molecule has 18 heavy (non-hydrogen) atoms. The van der Waals surface area contributed by atoms with E-state index in [-0.39, 0.29) is 5.82 Å². The third-order valence-electron chi connectivity index (χ3n) is 3.08. The molecule has 1 N–H and O–H groups in total. The van der Waals surface area contributed by atoms with E-state index in [1.54, 1.807) is 0 Å². The molecule has 0 aliphatic rings. The fraction of sp³-hybridized carbons (Fsp3) is 0.571. The molecule has 1 rings (SSSR count). The monoisotopic (exact) mass is 316 g/mol. The van der Waals surface area contributed by atoms with Crippen LogP contribution in [0.15, 0.2) is 22.7 Å². The Morgan fingerprint density at radius 1 is 1.39 bits per heavy atom. The van der Waals surface area contributed by atoms with Gasteiger partial charge in [0.15, 0.2) is 0 Å². The highest BCUT2D eigenvalue weighted by molar-refractivity contribution is 9.10. The largest absolute Gasteiger partial charge is 0.313 e. The van der Waals surface area contributed by atoms with Crippen LogP contribution in [0, 0.1) is 5.82 Å². The van der Waals surface area contributed by atoms with Crippen molar-refractivity contribution in [3.8, 4) is 0 Å². The summed E-state index contributed by atoms with van der Waals surface area (Å²) in [5.74, 6) is -0.204. The van der Waals surface area contributed by atoms with E-state index in [0.717, 1.165) is 36.1 Å². The molecule has 4 heteroatoms. The second-order valence-electron chi connectivity index (χ2n) is 4.84. The first-order valence-corrected chi connectivity index (χ1v) is 7.15. The smallest absolute Gasteiger partial charge is 0.124 e. The molecule has 0 fully saturated rings. The van der Waals surface area contributed by atoms with Gasteiger partial charge in [0.25, 0.3) is 0 Å². The van der Waals surface area contributed by atoms with Gasteiger partial charge in [-0.05, 0) is 58.1 Å². The predicted octanol–water partition coefficient (Wildman–Crippen LogP) is 3.41. The standard InChI is InChI=1S/C14H22BrFN2/c1-11(2)18(3)8-4-7-17-10-12-5-6-13(16)9-14(12)15/h5-6,9,11,17H,4,7-8,10H2,1-3H3. The van der Waals surface area contributed by atoms with Crippen LogP contribution in [0.3, 0.4) is 0 Å². The van der Waals surface area contributed by atoms with Crippen LogP contribution in [0.1, 0.15) is 25.8 Å². The van der Waals surface area contributed by atoms with Crippen LogP contribution in [0.25, 0.3) is 0 Å². The molecule has 0 atom stereocenters. The van der Waals surface area contributed by atoms with Crippen molar-refractivity contribution in [3.05, 3.63) is 34.1 Å². The lowest BCUT2D eigenvalue weighted by Gasteiger charge is -2.20. The second kappa shape index (κ2) is 7.87. The highest BCUT2D eigenvalue weighted by atomic mass is 79.9. The summed E-state index contributed by atoms with van der Waals surface area (Å²) in [5, 5.41) is 3.38. The summed E-state index contributed by atoms with van der Waals surface area (Å²) in [6, 6.07) is 5.40. The Morgan fingerprint density at radius 3 is 2.72 bits per heavy atom. The van der Waals surface area contributed by atoms with Crippen molar-refractivity contribution in [2.45, 2.75) is 32.9 Å². The molecule has 0 radical (unpaired) electrons. The van der Waals surface area contributed by atoms with E-state index in [1.165, 1.54) is 12.1 Å². The van der Waals surface area contributed by atoms with E-state index in [2.05, 4.69) is 47.0 Å². The Kier molecular flexibility index (Phi) is 6.82. The highest BCUT2D eigenvalue weighted by Crippen LogP contribution is 2.17. The molecule has 102 valence electrons. The third-order valence-corrected chi connectivity index (χ3v) is 3.81. The Hall–Kier alpha value is -0.450. The maximum absolute atomic E-state index is 12.9. The summed E-state index contributed by atoms with van der Waals surface area (Å²) >= 11 is 3.37. The summed E-state index contributed by atoms with van der Waals surface area (Å²) < 4.78 is 13.7. The van der Waals surface area contributed by atoms with Crippen molar-refractivity contribution in [2.24, 2.45) is 0 Å². The fourth-order valence-corrected chi connectivity index (χ4v) is 2.09. The van der Waals surface area contributed by atoms with E-state index in [1.807, 2.05) is 6.07 Å². The van der Waals surface area contributed by atoms with Crippen molar-refractivity contribution < 1.29 is 4.39 Å². The van der Waals surface area contributed by atoms with E-state index < -0.39 is 0 Å². The number of nitrogens with one attached hydrogen (secondary N) is 1. The normalized spacial score (nSPS) is 11.5. The van der Waals surface area contributed by atoms with Gasteiger partial charge in [0.1, 0.15) is 5.82 Å². The first kappa shape index (κ1) is 15.6. The molecular weight excluding hydrogens is 295 g/mol. The molecule has 0 heterocycles. The molecular formula is C14H22BrFN2. The average Bonchev–Trinajstić information content (AvgIpc) is 2.30. The molecule has 1 aromatic rings. The van der Waals surface area contributed by atoms with Gasteiger partial charge < -0.3 is 10.2 Å². The van der Waals surface area contributed by atoms with Crippen molar-refractivity contribution in [2.75, 3.05) is 20.1 Å². The molecule has 0 saturated heterocycles. The number of rotatable bonds is 7. The van der Waals surface area contributed by atoms with Gasteiger partial charge >= 0.3 is 0 Å². The zero-order valence-corrected chi connectivity index (χ0v) is 12.9. The Bertz CT molecular complexity index is 369. The predicted molar refractivity (Wildman–Crippen MR) is 78.2 cm³/mol. The fourth-order valence-electron chi connectivity index (χ4n) is 1.60.